The summed E-state index contributed by atoms with van der Waals surface area (Å²) < 4.78 is 50.4. The molecule has 1 saturated heterocycles. The number of nitrogens with zero attached hydrogens (tertiary/aromatic N) is 3. The summed E-state index contributed by atoms with van der Waals surface area (Å²) in [6.45, 7) is 4.34. The number of benzene rings is 1. The molecule has 1 amide bonds. The highest BCUT2D eigenvalue weighted by atomic mass is 32.2. The number of thiazole rings is 1. The molecular weight excluding hydrogens is 424 g/mol. The van der Waals surface area contributed by atoms with Gasteiger partial charge in [0.1, 0.15) is 6.04 Å². The summed E-state index contributed by atoms with van der Waals surface area (Å²) in [5.41, 5.74) is 0.676. The van der Waals surface area contributed by atoms with Crippen molar-refractivity contribution >= 4 is 47.5 Å². The molecule has 12 heteroatoms. The van der Waals surface area contributed by atoms with E-state index in [9.17, 15) is 21.6 Å². The number of nitrogens with two attached hydrogens (primary N) is 1. The van der Waals surface area contributed by atoms with Crippen LogP contribution in [0.15, 0.2) is 40.7 Å². The Balaban J connectivity index is 2.12. The average Bonchev–Trinajstić information content (AvgIpc) is 3.19. The van der Waals surface area contributed by atoms with E-state index in [4.69, 9.17) is 5.14 Å². The first kappa shape index (κ1) is 20.9. The number of rotatable bonds is 5. The lowest BCUT2D eigenvalue weighted by molar-refractivity contribution is -0.121. The molecule has 2 aromatic rings. The standard InChI is InChI=1S/C16H20N4O5S3/c1-3-8-19-12-7-6-11(28(17,24)25)10-14(12)26-16(19)18-15(21)13-5-4-9-20(13)27(2,22)23/h3,6-7,10,13H,1,4-5,8-9H2,2H3,(H2,17,24,25). The van der Waals surface area contributed by atoms with E-state index in [0.717, 1.165) is 17.6 Å². The second kappa shape index (κ2) is 7.52. The van der Waals surface area contributed by atoms with Crippen molar-refractivity contribution in [2.45, 2.75) is 30.3 Å². The molecule has 2 N–H and O–H groups in total. The second-order valence-corrected chi connectivity index (χ2v) is 10.9. The monoisotopic (exact) mass is 444 g/mol. The topological polar surface area (TPSA) is 132 Å². The van der Waals surface area contributed by atoms with E-state index in [1.807, 2.05) is 0 Å². The molecule has 0 saturated carbocycles. The summed E-state index contributed by atoms with van der Waals surface area (Å²) in [4.78, 5) is 17.2. The third-order valence-corrected chi connectivity index (χ3v) is 7.66. The summed E-state index contributed by atoms with van der Waals surface area (Å²) in [5.74, 6) is -0.543. The van der Waals surface area contributed by atoms with Gasteiger partial charge in [0.2, 0.25) is 20.0 Å². The predicted octanol–water partition coefficient (Wildman–Crippen LogP) is 0.388. The van der Waals surface area contributed by atoms with Crippen LogP contribution in [-0.2, 0) is 31.4 Å². The highest BCUT2D eigenvalue weighted by Crippen LogP contribution is 2.23. The molecule has 1 fully saturated rings. The molecular formula is C16H20N4O5S3. The fourth-order valence-corrected chi connectivity index (χ4v) is 5.99. The van der Waals surface area contributed by atoms with Gasteiger partial charge in [-0.15, -0.1) is 6.58 Å². The Hall–Kier alpha value is -1.86. The van der Waals surface area contributed by atoms with Gasteiger partial charge in [-0.1, -0.05) is 17.4 Å². The fraction of sp³-hybridized carbons (Fsp3) is 0.375. The van der Waals surface area contributed by atoms with Gasteiger partial charge in [0.05, 0.1) is 21.4 Å². The summed E-state index contributed by atoms with van der Waals surface area (Å²) in [6.07, 6.45) is 3.71. The van der Waals surface area contributed by atoms with Crippen LogP contribution in [0.1, 0.15) is 12.8 Å². The zero-order chi connectivity index (χ0) is 20.7. The lowest BCUT2D eigenvalue weighted by Crippen LogP contribution is -2.39. The molecule has 0 spiro atoms. The Kier molecular flexibility index (Phi) is 5.60. The van der Waals surface area contributed by atoms with Crippen molar-refractivity contribution in [3.8, 4) is 0 Å². The lowest BCUT2D eigenvalue weighted by Gasteiger charge is -2.18. The molecule has 3 rings (SSSR count). The van der Waals surface area contributed by atoms with Gasteiger partial charge in [0, 0.05) is 13.1 Å². The minimum atomic E-state index is -3.86. The van der Waals surface area contributed by atoms with E-state index >= 15 is 0 Å². The number of hydrogen-bond acceptors (Lipinski definition) is 6. The summed E-state index contributed by atoms with van der Waals surface area (Å²) >= 11 is 1.13. The van der Waals surface area contributed by atoms with E-state index in [1.165, 1.54) is 16.4 Å². The van der Waals surface area contributed by atoms with Crippen molar-refractivity contribution in [3.63, 3.8) is 0 Å². The van der Waals surface area contributed by atoms with Crippen LogP contribution in [0.4, 0.5) is 0 Å². The van der Waals surface area contributed by atoms with Crippen molar-refractivity contribution in [3.05, 3.63) is 35.7 Å². The molecule has 1 aromatic heterocycles. The third kappa shape index (κ3) is 4.10. The van der Waals surface area contributed by atoms with Crippen LogP contribution in [0.25, 0.3) is 10.2 Å². The number of carbonyl (C=O) groups is 1. The van der Waals surface area contributed by atoms with Gasteiger partial charge in [-0.05, 0) is 31.0 Å². The van der Waals surface area contributed by atoms with Crippen LogP contribution < -0.4 is 9.94 Å². The molecule has 1 aliphatic rings. The first-order valence-electron chi connectivity index (χ1n) is 8.35. The van der Waals surface area contributed by atoms with Crippen LogP contribution in [-0.4, -0.2) is 50.5 Å². The minimum Gasteiger partial charge on any atom is -0.313 e. The number of carbonyl (C=O) groups excluding carboxylic acids is 1. The SMILES string of the molecule is C=CCn1c(=NC(=O)C2CCCN2S(C)(=O)=O)sc2cc(S(N)(=O)=O)ccc21. The van der Waals surface area contributed by atoms with Crippen molar-refractivity contribution < 1.29 is 21.6 Å². The maximum Gasteiger partial charge on any atom is 0.266 e. The smallest absolute Gasteiger partial charge is 0.266 e. The van der Waals surface area contributed by atoms with Gasteiger partial charge in [-0.2, -0.15) is 9.30 Å². The molecule has 9 nitrogen and oxygen atoms in total. The van der Waals surface area contributed by atoms with Crippen LogP contribution in [0, 0.1) is 0 Å². The van der Waals surface area contributed by atoms with E-state index in [-0.39, 0.29) is 4.90 Å². The summed E-state index contributed by atoms with van der Waals surface area (Å²) in [7, 11) is -7.37. The molecule has 152 valence electrons. The Morgan fingerprint density at radius 1 is 1.39 bits per heavy atom. The van der Waals surface area contributed by atoms with Gasteiger partial charge in [-0.3, -0.25) is 4.79 Å². The number of amides is 1. The molecule has 1 aromatic carbocycles. The van der Waals surface area contributed by atoms with Crippen LogP contribution in [0.5, 0.6) is 0 Å². The van der Waals surface area contributed by atoms with E-state index < -0.39 is 32.0 Å². The Morgan fingerprint density at radius 3 is 2.71 bits per heavy atom. The number of primary sulfonamides is 1. The number of sulfonamides is 2. The third-order valence-electron chi connectivity index (χ3n) is 4.41. The number of hydrogen-bond donors (Lipinski definition) is 1. The zero-order valence-corrected chi connectivity index (χ0v) is 17.6. The fourth-order valence-electron chi connectivity index (χ4n) is 3.17. The van der Waals surface area contributed by atoms with Gasteiger partial charge < -0.3 is 4.57 Å². The van der Waals surface area contributed by atoms with Crippen molar-refractivity contribution in [2.75, 3.05) is 12.8 Å². The Morgan fingerprint density at radius 2 is 2.11 bits per heavy atom. The summed E-state index contributed by atoms with van der Waals surface area (Å²) in [6, 6.07) is 3.59. The number of allylic oxidation sites excluding steroid dienone is 1. The predicted molar refractivity (Wildman–Crippen MR) is 107 cm³/mol. The molecule has 0 bridgehead atoms. The van der Waals surface area contributed by atoms with Crippen molar-refractivity contribution in [1.82, 2.24) is 8.87 Å². The van der Waals surface area contributed by atoms with Crippen LogP contribution >= 0.6 is 11.3 Å². The molecule has 1 aliphatic heterocycles. The van der Waals surface area contributed by atoms with E-state index in [1.54, 1.807) is 16.7 Å². The van der Waals surface area contributed by atoms with Crippen LogP contribution in [0.2, 0.25) is 0 Å². The first-order valence-corrected chi connectivity index (χ1v) is 12.6. The molecule has 0 radical (unpaired) electrons. The van der Waals surface area contributed by atoms with Gasteiger partial charge >= 0.3 is 0 Å². The van der Waals surface area contributed by atoms with E-state index in [2.05, 4.69) is 11.6 Å². The van der Waals surface area contributed by atoms with E-state index in [0.29, 0.717) is 40.9 Å². The van der Waals surface area contributed by atoms with Gasteiger partial charge in [0.15, 0.2) is 4.80 Å². The minimum absolute atomic E-state index is 0.0380. The maximum absolute atomic E-state index is 12.7. The quantitative estimate of drug-likeness (QED) is 0.666. The summed E-state index contributed by atoms with van der Waals surface area (Å²) in [5, 5.41) is 5.18. The van der Waals surface area contributed by atoms with Gasteiger partial charge in [-0.25, -0.2) is 22.0 Å². The molecule has 1 unspecified atom stereocenters. The Labute approximate surface area is 166 Å². The largest absolute Gasteiger partial charge is 0.313 e. The maximum atomic E-state index is 12.7. The molecule has 0 aliphatic carbocycles. The first-order chi connectivity index (χ1) is 13.0. The highest BCUT2D eigenvalue weighted by Gasteiger charge is 2.36. The highest BCUT2D eigenvalue weighted by molar-refractivity contribution is 7.89. The normalized spacial score (nSPS) is 19.4. The molecule has 28 heavy (non-hydrogen) atoms. The van der Waals surface area contributed by atoms with Crippen molar-refractivity contribution in [2.24, 2.45) is 10.1 Å². The Bertz CT molecular complexity index is 1220. The molecule has 2 heterocycles. The average molecular weight is 445 g/mol. The number of aromatic nitrogens is 1. The van der Waals surface area contributed by atoms with Crippen molar-refractivity contribution in [1.29, 1.82) is 0 Å². The second-order valence-electron chi connectivity index (χ2n) is 6.44. The van der Waals surface area contributed by atoms with Gasteiger partial charge in [0.25, 0.3) is 5.91 Å². The van der Waals surface area contributed by atoms with Crippen LogP contribution in [0.3, 0.4) is 0 Å². The zero-order valence-electron chi connectivity index (χ0n) is 15.1. The molecule has 1 atom stereocenters. The number of fused-ring (bicyclic) bond motifs is 1. The lowest BCUT2D eigenvalue weighted by atomic mass is 10.2.